The van der Waals surface area contributed by atoms with Gasteiger partial charge in [0.1, 0.15) is 23.7 Å². The van der Waals surface area contributed by atoms with Crippen LogP contribution in [-0.2, 0) is 13.0 Å². The molecule has 5 aromatic rings. The molecule has 5 rings (SSSR count). The van der Waals surface area contributed by atoms with Crippen molar-refractivity contribution in [3.05, 3.63) is 100 Å². The van der Waals surface area contributed by atoms with Crippen molar-refractivity contribution >= 4 is 39.6 Å². The van der Waals surface area contributed by atoms with Crippen molar-refractivity contribution in [1.29, 1.82) is 0 Å². The van der Waals surface area contributed by atoms with E-state index in [0.717, 1.165) is 44.3 Å². The third-order valence-corrected chi connectivity index (χ3v) is 7.71. The molecule has 0 atom stereocenters. The lowest BCUT2D eigenvalue weighted by atomic mass is 10.0. The Hall–Kier alpha value is -4.01. The van der Waals surface area contributed by atoms with E-state index >= 15 is 0 Å². The minimum atomic E-state index is -1.04. The van der Waals surface area contributed by atoms with E-state index in [-0.39, 0.29) is 11.4 Å². The number of aromatic nitrogens is 2. The van der Waals surface area contributed by atoms with Crippen molar-refractivity contribution in [3.63, 3.8) is 0 Å². The molecule has 2 N–H and O–H groups in total. The second-order valence-corrected chi connectivity index (χ2v) is 11.2. The number of carbonyl (C=O) groups is 1. The van der Waals surface area contributed by atoms with Crippen LogP contribution in [0, 0.1) is 5.92 Å². The average Bonchev–Trinajstić information content (AvgIpc) is 3.59. The molecule has 38 heavy (non-hydrogen) atoms. The monoisotopic (exact) mass is 541 g/mol. The summed E-state index contributed by atoms with van der Waals surface area (Å²) in [5.41, 5.74) is 3.80. The molecule has 192 valence electrons. The quantitative estimate of drug-likeness (QED) is 0.186. The van der Waals surface area contributed by atoms with Crippen LogP contribution in [0.2, 0.25) is 0 Å². The number of aromatic carboxylic acids is 1. The highest BCUT2D eigenvalue weighted by atomic mass is 32.1. The number of nitrogens with one attached hydrogen (secondary N) is 1. The van der Waals surface area contributed by atoms with Crippen LogP contribution >= 0.6 is 22.7 Å². The van der Waals surface area contributed by atoms with Crippen LogP contribution in [0.25, 0.3) is 21.7 Å². The zero-order valence-corrected chi connectivity index (χ0v) is 22.7. The molecule has 0 saturated carbocycles. The summed E-state index contributed by atoms with van der Waals surface area (Å²) in [6, 6.07) is 23.5. The number of carboxylic acid groups (broad SMARTS) is 1. The number of carboxylic acids is 1. The van der Waals surface area contributed by atoms with Gasteiger partial charge in [0, 0.05) is 27.1 Å². The first-order valence-corrected chi connectivity index (χ1v) is 14.0. The van der Waals surface area contributed by atoms with Crippen LogP contribution in [0.3, 0.4) is 0 Å². The Morgan fingerprint density at radius 1 is 1.03 bits per heavy atom. The second-order valence-electron chi connectivity index (χ2n) is 9.22. The number of hydrogen-bond acceptors (Lipinski definition) is 7. The third-order valence-electron chi connectivity index (χ3n) is 5.80. The Balaban J connectivity index is 1.43. The van der Waals surface area contributed by atoms with Gasteiger partial charge in [-0.3, -0.25) is 0 Å². The molecule has 0 radical (unpaired) electrons. The summed E-state index contributed by atoms with van der Waals surface area (Å²) in [6.07, 6.45) is 2.54. The highest BCUT2D eigenvalue weighted by molar-refractivity contribution is 7.16. The fourth-order valence-corrected chi connectivity index (χ4v) is 5.92. The van der Waals surface area contributed by atoms with E-state index in [4.69, 9.17) is 9.72 Å². The number of rotatable bonds is 10. The van der Waals surface area contributed by atoms with Gasteiger partial charge in [0.05, 0.1) is 5.69 Å². The Morgan fingerprint density at radius 3 is 2.61 bits per heavy atom. The largest absolute Gasteiger partial charge is 0.489 e. The molecule has 0 aliphatic rings. The molecule has 3 heterocycles. The molecular formula is C30H27N3O3S2. The van der Waals surface area contributed by atoms with E-state index in [1.165, 1.54) is 11.3 Å². The highest BCUT2D eigenvalue weighted by Crippen LogP contribution is 2.36. The van der Waals surface area contributed by atoms with E-state index in [2.05, 4.69) is 24.1 Å². The number of hydrogen-bond donors (Lipinski definition) is 2. The first-order valence-electron chi connectivity index (χ1n) is 12.3. The molecular weight excluding hydrogens is 514 g/mol. The Labute approximate surface area is 229 Å². The van der Waals surface area contributed by atoms with Crippen molar-refractivity contribution in [2.45, 2.75) is 26.9 Å². The van der Waals surface area contributed by atoms with Crippen molar-refractivity contribution in [2.75, 3.05) is 5.32 Å². The zero-order valence-electron chi connectivity index (χ0n) is 21.0. The highest BCUT2D eigenvalue weighted by Gasteiger charge is 2.19. The Morgan fingerprint density at radius 2 is 1.87 bits per heavy atom. The Kier molecular flexibility index (Phi) is 7.81. The van der Waals surface area contributed by atoms with Crippen molar-refractivity contribution < 1.29 is 14.6 Å². The van der Waals surface area contributed by atoms with Crippen LogP contribution in [0.4, 0.5) is 10.9 Å². The molecule has 0 unspecified atom stereocenters. The maximum Gasteiger partial charge on any atom is 0.339 e. The van der Waals surface area contributed by atoms with Gasteiger partial charge in [-0.15, -0.1) is 22.7 Å². The number of anilines is 2. The standard InChI is InChI=1S/C30H27N3O3S2/c1-19(2)14-26-27(21-10-6-11-23(15-21)36-18-20-8-4-3-5-9-20)32-30(38-26)33-28-24(29(34)35)16-22(17-31-28)25-12-7-13-37-25/h3-13,15-17,19H,14,18H2,1-2H3,(H,34,35)(H,31,32,33). The number of benzene rings is 2. The Bertz CT molecular complexity index is 1530. The first-order chi connectivity index (χ1) is 18.5. The summed E-state index contributed by atoms with van der Waals surface area (Å²) >= 11 is 3.07. The SMILES string of the molecule is CC(C)Cc1sc(Nc2ncc(-c3cccs3)cc2C(=O)O)nc1-c1cccc(OCc2ccccc2)c1. The van der Waals surface area contributed by atoms with E-state index < -0.39 is 5.97 Å². The van der Waals surface area contributed by atoms with E-state index in [9.17, 15) is 9.90 Å². The van der Waals surface area contributed by atoms with Gasteiger partial charge < -0.3 is 15.2 Å². The predicted octanol–water partition coefficient (Wildman–Crippen LogP) is 8.15. The molecule has 0 amide bonds. The van der Waals surface area contributed by atoms with Crippen molar-refractivity contribution in [3.8, 4) is 27.4 Å². The van der Waals surface area contributed by atoms with Gasteiger partial charge in [0.25, 0.3) is 0 Å². The summed E-state index contributed by atoms with van der Waals surface area (Å²) in [5, 5.41) is 15.6. The molecule has 3 aromatic heterocycles. The molecule has 0 spiro atoms. The maximum atomic E-state index is 12.1. The van der Waals surface area contributed by atoms with Crippen molar-refractivity contribution in [1.82, 2.24) is 9.97 Å². The summed E-state index contributed by atoms with van der Waals surface area (Å²) in [5.74, 6) is 0.427. The lowest BCUT2D eigenvalue weighted by molar-refractivity contribution is 0.0697. The summed E-state index contributed by atoms with van der Waals surface area (Å²) in [4.78, 5) is 23.5. The second kappa shape index (κ2) is 11.6. The number of thiazole rings is 1. The summed E-state index contributed by atoms with van der Waals surface area (Å²) < 4.78 is 6.05. The van der Waals surface area contributed by atoms with Gasteiger partial charge in [-0.1, -0.05) is 62.4 Å². The van der Waals surface area contributed by atoms with Crippen LogP contribution in [-0.4, -0.2) is 21.0 Å². The summed E-state index contributed by atoms with van der Waals surface area (Å²) in [7, 11) is 0. The number of ether oxygens (including phenoxy) is 1. The molecule has 0 aliphatic carbocycles. The van der Waals surface area contributed by atoms with Crippen LogP contribution in [0.5, 0.6) is 5.75 Å². The maximum absolute atomic E-state index is 12.1. The molecule has 0 bridgehead atoms. The van der Waals surface area contributed by atoms with Crippen molar-refractivity contribution in [2.24, 2.45) is 5.92 Å². The predicted molar refractivity (Wildman–Crippen MR) is 155 cm³/mol. The first kappa shape index (κ1) is 25.6. The minimum Gasteiger partial charge on any atom is -0.489 e. The van der Waals surface area contributed by atoms with E-state index in [1.54, 1.807) is 23.6 Å². The number of pyridine rings is 1. The minimum absolute atomic E-state index is 0.106. The van der Waals surface area contributed by atoms with Crippen LogP contribution in [0.15, 0.2) is 84.4 Å². The molecule has 0 fully saturated rings. The smallest absolute Gasteiger partial charge is 0.339 e. The van der Waals surface area contributed by atoms with Gasteiger partial charge in [-0.25, -0.2) is 14.8 Å². The fraction of sp³-hybridized carbons (Fsp3) is 0.167. The molecule has 8 heteroatoms. The molecule has 0 aliphatic heterocycles. The molecule has 6 nitrogen and oxygen atoms in total. The third kappa shape index (κ3) is 6.10. The molecule has 0 saturated heterocycles. The van der Waals surface area contributed by atoms with Gasteiger partial charge in [0.2, 0.25) is 0 Å². The lowest BCUT2D eigenvalue weighted by Gasteiger charge is -2.09. The normalized spacial score (nSPS) is 11.0. The van der Waals surface area contributed by atoms with Crippen LogP contribution in [0.1, 0.15) is 34.6 Å². The lowest BCUT2D eigenvalue weighted by Crippen LogP contribution is -2.05. The van der Waals surface area contributed by atoms with Gasteiger partial charge in [-0.05, 0) is 47.5 Å². The van der Waals surface area contributed by atoms with E-state index in [1.807, 2.05) is 72.1 Å². The van der Waals surface area contributed by atoms with E-state index in [0.29, 0.717) is 17.7 Å². The molecule has 2 aromatic carbocycles. The van der Waals surface area contributed by atoms with Crippen LogP contribution < -0.4 is 10.1 Å². The topological polar surface area (TPSA) is 84.3 Å². The van der Waals surface area contributed by atoms with Gasteiger partial charge >= 0.3 is 5.97 Å². The zero-order chi connectivity index (χ0) is 26.5. The summed E-state index contributed by atoms with van der Waals surface area (Å²) in [6.45, 7) is 4.82. The fourth-order valence-electron chi connectivity index (χ4n) is 4.02. The van der Waals surface area contributed by atoms with Gasteiger partial charge in [0.15, 0.2) is 5.13 Å². The van der Waals surface area contributed by atoms with Gasteiger partial charge in [-0.2, -0.15) is 0 Å². The number of nitrogens with zero attached hydrogens (tertiary/aromatic N) is 2. The average molecular weight is 542 g/mol. The number of thiophene rings is 1.